The number of unbranched alkanes of at least 4 members (excludes halogenated alkanes) is 1. The van der Waals surface area contributed by atoms with E-state index in [0.717, 1.165) is 42.8 Å². The third-order valence-corrected chi connectivity index (χ3v) is 17.7. The molecular weight excluding hydrogens is 522 g/mol. The fourth-order valence-corrected chi connectivity index (χ4v) is 16.6. The first kappa shape index (κ1) is 28.1. The minimum atomic E-state index is -2.55. The summed E-state index contributed by atoms with van der Waals surface area (Å²) in [7, 11) is -4.76. The lowest BCUT2D eigenvalue weighted by Crippen LogP contribution is -2.37. The summed E-state index contributed by atoms with van der Waals surface area (Å²) in [4.78, 5) is 0. The van der Waals surface area contributed by atoms with Crippen LogP contribution in [0.3, 0.4) is 0 Å². The van der Waals surface area contributed by atoms with E-state index in [4.69, 9.17) is 13.3 Å². The third-order valence-electron chi connectivity index (χ3n) is 8.20. The van der Waals surface area contributed by atoms with Crippen LogP contribution in [0.2, 0.25) is 0 Å². The Bertz CT molecular complexity index is 1250. The van der Waals surface area contributed by atoms with Crippen molar-refractivity contribution in [1.82, 2.24) is 4.44 Å². The molecule has 1 nitrogen and oxygen atoms in total. The van der Waals surface area contributed by atoms with Crippen LogP contribution in [0.15, 0.2) is 109 Å². The summed E-state index contributed by atoms with van der Waals surface area (Å²) in [5.74, 6) is -0.539. The average Bonchev–Trinajstić information content (AvgIpc) is 3.32. The van der Waals surface area contributed by atoms with Crippen molar-refractivity contribution >= 4 is 25.4 Å². The van der Waals surface area contributed by atoms with Crippen LogP contribution in [-0.2, 0) is 0 Å². The van der Waals surface area contributed by atoms with Crippen LogP contribution in [0.1, 0.15) is 55.1 Å². The van der Waals surface area contributed by atoms with Gasteiger partial charge in [0.1, 0.15) is 11.6 Å². The van der Waals surface area contributed by atoms with Crippen molar-refractivity contribution in [2.45, 2.75) is 43.9 Å². The maximum atomic E-state index is 14.2. The predicted octanol–water partition coefficient (Wildman–Crippen LogP) is 9.74. The van der Waals surface area contributed by atoms with Gasteiger partial charge in [-0.25, -0.2) is 8.78 Å². The summed E-state index contributed by atoms with van der Waals surface area (Å²) >= 11 is 0. The Hall–Kier alpha value is -2.44. The van der Waals surface area contributed by atoms with E-state index < -0.39 is 14.8 Å². The lowest BCUT2D eigenvalue weighted by atomic mass is 10.0. The van der Waals surface area contributed by atoms with Gasteiger partial charge >= 0.3 is 0 Å². The van der Waals surface area contributed by atoms with Gasteiger partial charge in [-0.15, -0.1) is 11.1 Å². The highest BCUT2D eigenvalue weighted by Gasteiger charge is 2.60. The number of nitrogens with zero attached hydrogens (tertiary/aromatic N) is 1. The zero-order valence-electron chi connectivity index (χ0n) is 22.6. The average molecular weight is 560 g/mol. The third kappa shape index (κ3) is 5.35. The highest BCUT2D eigenvalue weighted by atomic mass is 31.2. The molecule has 0 amide bonds. The first-order valence-corrected chi connectivity index (χ1v) is 17.7. The van der Waals surface area contributed by atoms with Crippen LogP contribution in [0.5, 0.6) is 0 Å². The Labute approximate surface area is 234 Å². The second-order valence-electron chi connectivity index (χ2n) is 10.5. The van der Waals surface area contributed by atoms with Gasteiger partial charge in [-0.1, -0.05) is 74.0 Å². The zero-order valence-corrected chi connectivity index (χ0v) is 24.4. The van der Waals surface area contributed by atoms with Gasteiger partial charge in [-0.2, -0.15) is 6.66 Å². The number of hydrogen-bond donors (Lipinski definition) is 0. The normalized spacial score (nSPS) is 18.9. The van der Waals surface area contributed by atoms with E-state index in [9.17, 15) is 8.78 Å². The Kier molecular flexibility index (Phi) is 8.63. The lowest BCUT2D eigenvalue weighted by Gasteiger charge is -2.51. The highest BCUT2D eigenvalue weighted by Crippen LogP contribution is 2.91. The summed E-state index contributed by atoms with van der Waals surface area (Å²) in [6.07, 6.45) is 4.14. The molecule has 1 fully saturated rings. The lowest BCUT2D eigenvalue weighted by molar-refractivity contribution is 0.619. The van der Waals surface area contributed by atoms with E-state index >= 15 is 0 Å². The van der Waals surface area contributed by atoms with Crippen molar-refractivity contribution in [3.63, 3.8) is 0 Å². The molecule has 0 aromatic heterocycles. The van der Waals surface area contributed by atoms with Crippen molar-refractivity contribution in [2.75, 3.05) is 6.54 Å². The Morgan fingerprint density at radius 3 is 1.51 bits per heavy atom. The molecule has 2 atom stereocenters. The molecule has 0 saturated carbocycles. The van der Waals surface area contributed by atoms with E-state index in [1.54, 1.807) is 0 Å². The fourth-order valence-electron chi connectivity index (χ4n) is 6.23. The first-order chi connectivity index (χ1) is 18.9. The Morgan fingerprint density at radius 1 is 0.718 bits per heavy atom. The van der Waals surface area contributed by atoms with Crippen molar-refractivity contribution in [3.8, 4) is 0 Å². The molecule has 0 bridgehead atoms. The van der Waals surface area contributed by atoms with Crippen LogP contribution < -0.4 is 10.6 Å². The Morgan fingerprint density at radius 2 is 1.13 bits per heavy atom. The van der Waals surface area contributed by atoms with E-state index in [1.807, 2.05) is 24.3 Å². The minimum absolute atomic E-state index is 0.270. The molecule has 1 heterocycles. The van der Waals surface area contributed by atoms with Crippen molar-refractivity contribution in [3.05, 3.63) is 145 Å². The monoisotopic (exact) mass is 559 g/mol. The molecule has 1 aliphatic rings. The van der Waals surface area contributed by atoms with E-state index in [-0.39, 0.29) is 23.0 Å². The molecule has 0 N–H and O–H groups in total. The molecule has 4 aromatic rings. The van der Waals surface area contributed by atoms with Gasteiger partial charge in [-0.05, 0) is 78.9 Å². The second-order valence-corrected chi connectivity index (χ2v) is 17.4. The van der Waals surface area contributed by atoms with Gasteiger partial charge in [0.2, 0.25) is 0 Å². The zero-order chi connectivity index (χ0) is 27.5. The molecule has 5 rings (SSSR count). The molecule has 4 aromatic carbocycles. The molecule has 0 aliphatic carbocycles. The summed E-state index contributed by atoms with van der Waals surface area (Å²) in [5.41, 5.74) is 3.21. The van der Waals surface area contributed by atoms with E-state index in [1.165, 1.54) is 35.4 Å². The summed E-state index contributed by atoms with van der Waals surface area (Å²) < 4.78 is 31.1. The Balaban J connectivity index is 1.77. The number of rotatable bonds is 9. The molecule has 0 unspecified atom stereocenters. The van der Waals surface area contributed by atoms with E-state index in [2.05, 4.69) is 72.0 Å². The quantitative estimate of drug-likeness (QED) is 0.146. The largest absolute Gasteiger partial charge is 0.207 e. The van der Waals surface area contributed by atoms with Gasteiger partial charge < -0.3 is 0 Å². The standard InChI is InChI=1S/C34H37F2NP2/c1-4-5-26-37(38(2,31-20-16-29(35)17-21-31)32-22-18-30(36)19-23-32)39(3)33(27-12-8-6-9-13-27)24-25-34(39)28-14-10-7-11-15-28/h6-23,33-34H,2-5,24-26H2,1H3/t33-,34-/m0/s1. The molecule has 202 valence electrons. The van der Waals surface area contributed by atoms with Crippen LogP contribution in [0.4, 0.5) is 8.78 Å². The molecular formula is C34H37F2NP2. The number of benzene rings is 4. The maximum absolute atomic E-state index is 14.2. The van der Waals surface area contributed by atoms with Gasteiger partial charge in [0.15, 0.2) is 0 Å². The van der Waals surface area contributed by atoms with Crippen LogP contribution in [0.25, 0.3) is 0 Å². The molecule has 1 aliphatic heterocycles. The van der Waals surface area contributed by atoms with Gasteiger partial charge in [0.05, 0.1) is 35.9 Å². The summed E-state index contributed by atoms with van der Waals surface area (Å²) in [6.45, 7) is 13.4. The molecule has 1 saturated heterocycles. The van der Waals surface area contributed by atoms with Gasteiger partial charge in [0.25, 0.3) is 0 Å². The second kappa shape index (κ2) is 12.0. The SMILES string of the molecule is [CH2-][P+](c1ccc(F)cc1)(c1ccc(F)cc1)N(CCCC)[P+]1([CH2-])[C@H](c2ccccc2)CC[C@H]1c1ccccc1. The minimum Gasteiger partial charge on any atom is -0.207 e. The molecule has 0 spiro atoms. The van der Waals surface area contributed by atoms with Crippen molar-refractivity contribution < 1.29 is 8.78 Å². The van der Waals surface area contributed by atoms with Gasteiger partial charge in [-0.3, -0.25) is 0 Å². The van der Waals surface area contributed by atoms with Gasteiger partial charge in [0, 0.05) is 7.41 Å². The van der Waals surface area contributed by atoms with Crippen molar-refractivity contribution in [1.29, 1.82) is 0 Å². The summed E-state index contributed by atoms with van der Waals surface area (Å²) in [5, 5.41) is 2.00. The number of hydrogen-bond acceptors (Lipinski definition) is 1. The van der Waals surface area contributed by atoms with Crippen molar-refractivity contribution in [2.24, 2.45) is 0 Å². The van der Waals surface area contributed by atoms with Crippen LogP contribution in [-0.4, -0.2) is 11.0 Å². The number of halogens is 2. The molecule has 39 heavy (non-hydrogen) atoms. The highest BCUT2D eigenvalue weighted by molar-refractivity contribution is 7.97. The first-order valence-electron chi connectivity index (χ1n) is 13.8. The smallest absolute Gasteiger partial charge is 0.123 e. The van der Waals surface area contributed by atoms with E-state index in [0.29, 0.717) is 0 Å². The predicted molar refractivity (Wildman–Crippen MR) is 166 cm³/mol. The maximum Gasteiger partial charge on any atom is 0.123 e. The summed E-state index contributed by atoms with van der Waals surface area (Å²) in [6, 6.07) is 35.3. The fraction of sp³-hybridized carbons (Fsp3) is 0.235. The van der Waals surface area contributed by atoms with Crippen LogP contribution in [0, 0.1) is 25.0 Å². The topological polar surface area (TPSA) is 3.24 Å². The van der Waals surface area contributed by atoms with Crippen LogP contribution >= 0.6 is 14.8 Å². The molecule has 0 radical (unpaired) electrons. The molecule has 5 heteroatoms.